The van der Waals surface area contributed by atoms with Crippen LogP contribution < -0.4 is 4.90 Å². The van der Waals surface area contributed by atoms with Gasteiger partial charge in [-0.2, -0.15) is 0 Å². The Morgan fingerprint density at radius 1 is 1.25 bits per heavy atom. The molecule has 0 amide bonds. The van der Waals surface area contributed by atoms with Crippen LogP contribution >= 0.6 is 0 Å². The number of aliphatic hydroxyl groups excluding tert-OH is 1. The minimum atomic E-state index is -0.691. The van der Waals surface area contributed by atoms with Gasteiger partial charge in [0.2, 0.25) is 0 Å². The maximum atomic E-state index is 13.3. The van der Waals surface area contributed by atoms with E-state index in [1.54, 1.807) is 25.4 Å². The first-order chi connectivity index (χ1) is 9.58. The molecule has 1 atom stereocenters. The van der Waals surface area contributed by atoms with Crippen molar-refractivity contribution >= 4 is 5.69 Å². The van der Waals surface area contributed by atoms with Gasteiger partial charge in [-0.05, 0) is 49.2 Å². The van der Waals surface area contributed by atoms with Gasteiger partial charge in [0.15, 0.2) is 0 Å². The number of hydrogen-bond acceptors (Lipinski definition) is 3. The summed E-state index contributed by atoms with van der Waals surface area (Å²) in [6.45, 7) is 2.43. The lowest BCUT2D eigenvalue weighted by atomic mass is 10.1. The number of rotatable bonds is 5. The van der Waals surface area contributed by atoms with Crippen LogP contribution in [0, 0.1) is 5.82 Å². The predicted molar refractivity (Wildman–Crippen MR) is 78.2 cm³/mol. The van der Waals surface area contributed by atoms with Crippen LogP contribution in [0.1, 0.15) is 24.2 Å². The van der Waals surface area contributed by atoms with E-state index in [2.05, 4.69) is 4.98 Å². The molecule has 0 spiro atoms. The van der Waals surface area contributed by atoms with Gasteiger partial charge < -0.3 is 10.0 Å². The summed E-state index contributed by atoms with van der Waals surface area (Å²) in [5.74, 6) is -0.327. The molecule has 0 aliphatic heterocycles. The maximum absolute atomic E-state index is 13.3. The van der Waals surface area contributed by atoms with Gasteiger partial charge in [0.05, 0.1) is 6.10 Å². The molecule has 0 saturated heterocycles. The lowest BCUT2D eigenvalue weighted by Gasteiger charge is -2.23. The second kappa shape index (κ2) is 6.48. The molecular formula is C16H19FN2O. The van der Waals surface area contributed by atoms with Crippen molar-refractivity contribution in [3.05, 3.63) is 59.7 Å². The summed E-state index contributed by atoms with van der Waals surface area (Å²) >= 11 is 0. The van der Waals surface area contributed by atoms with Gasteiger partial charge in [-0.1, -0.05) is 0 Å². The highest BCUT2D eigenvalue weighted by Gasteiger charge is 2.12. The normalized spacial score (nSPS) is 12.2. The molecule has 0 fully saturated rings. The van der Waals surface area contributed by atoms with Crippen molar-refractivity contribution in [3.8, 4) is 0 Å². The Morgan fingerprint density at radius 3 is 2.60 bits per heavy atom. The molecule has 1 heterocycles. The smallest absolute Gasteiger partial charge is 0.123 e. The van der Waals surface area contributed by atoms with Crippen molar-refractivity contribution in [1.82, 2.24) is 4.98 Å². The van der Waals surface area contributed by atoms with Crippen LogP contribution in [0.25, 0.3) is 0 Å². The number of aliphatic hydroxyl groups is 1. The van der Waals surface area contributed by atoms with Crippen LogP contribution in [0.15, 0.2) is 42.7 Å². The fourth-order valence-corrected chi connectivity index (χ4v) is 2.17. The Bertz CT molecular complexity index is 558. The van der Waals surface area contributed by atoms with E-state index in [1.807, 2.05) is 24.1 Å². The summed E-state index contributed by atoms with van der Waals surface area (Å²) in [6.07, 6.45) is 3.72. The Kier molecular flexibility index (Phi) is 4.69. The van der Waals surface area contributed by atoms with Crippen molar-refractivity contribution in [1.29, 1.82) is 0 Å². The zero-order valence-corrected chi connectivity index (χ0v) is 11.8. The standard InChI is InChI=1S/C16H19FN2O/c1-12(20)15-11-14(17)3-4-16(15)19(2)10-7-13-5-8-18-9-6-13/h3-6,8-9,11-12,20H,7,10H2,1-2H3/t12-/m0/s1. The number of hydrogen-bond donors (Lipinski definition) is 1. The zero-order chi connectivity index (χ0) is 14.5. The van der Waals surface area contributed by atoms with Gasteiger partial charge in [-0.25, -0.2) is 4.39 Å². The number of benzene rings is 1. The van der Waals surface area contributed by atoms with Crippen LogP contribution in [-0.2, 0) is 6.42 Å². The van der Waals surface area contributed by atoms with E-state index >= 15 is 0 Å². The van der Waals surface area contributed by atoms with Crippen LogP contribution in [-0.4, -0.2) is 23.7 Å². The first kappa shape index (κ1) is 14.5. The molecule has 4 heteroatoms. The first-order valence-electron chi connectivity index (χ1n) is 6.65. The summed E-state index contributed by atoms with van der Waals surface area (Å²) in [6, 6.07) is 8.49. The molecule has 106 valence electrons. The second-order valence-corrected chi connectivity index (χ2v) is 4.91. The van der Waals surface area contributed by atoms with Gasteiger partial charge >= 0.3 is 0 Å². The number of aromatic nitrogens is 1. The van der Waals surface area contributed by atoms with Crippen LogP contribution in [0.4, 0.5) is 10.1 Å². The monoisotopic (exact) mass is 274 g/mol. The fraction of sp³-hybridized carbons (Fsp3) is 0.312. The fourth-order valence-electron chi connectivity index (χ4n) is 2.17. The summed E-state index contributed by atoms with van der Waals surface area (Å²) < 4.78 is 13.3. The third-order valence-electron chi connectivity index (χ3n) is 3.34. The van der Waals surface area contributed by atoms with E-state index in [1.165, 1.54) is 17.7 Å². The van der Waals surface area contributed by atoms with Crippen LogP contribution in [0.5, 0.6) is 0 Å². The van der Waals surface area contributed by atoms with Crippen LogP contribution in [0.2, 0.25) is 0 Å². The summed E-state index contributed by atoms with van der Waals surface area (Å²) in [4.78, 5) is 6.02. The predicted octanol–water partition coefficient (Wildman–Crippen LogP) is 2.95. The Hall–Kier alpha value is -1.94. The van der Waals surface area contributed by atoms with Crippen molar-refractivity contribution in [2.75, 3.05) is 18.5 Å². The average Bonchev–Trinajstić information content (AvgIpc) is 2.45. The maximum Gasteiger partial charge on any atom is 0.123 e. The highest BCUT2D eigenvalue weighted by atomic mass is 19.1. The molecule has 1 N–H and O–H groups in total. The number of likely N-dealkylation sites (N-methyl/N-ethyl adjacent to an activating group) is 1. The molecule has 0 unspecified atom stereocenters. The molecule has 1 aromatic carbocycles. The van der Waals surface area contributed by atoms with E-state index in [0.717, 1.165) is 18.7 Å². The Morgan fingerprint density at radius 2 is 1.95 bits per heavy atom. The lowest BCUT2D eigenvalue weighted by molar-refractivity contribution is 0.199. The van der Waals surface area contributed by atoms with E-state index in [9.17, 15) is 9.50 Å². The third-order valence-corrected chi connectivity index (χ3v) is 3.34. The highest BCUT2D eigenvalue weighted by molar-refractivity contribution is 5.54. The minimum Gasteiger partial charge on any atom is -0.389 e. The molecular weight excluding hydrogens is 255 g/mol. The molecule has 3 nitrogen and oxygen atoms in total. The van der Waals surface area contributed by atoms with Gasteiger partial charge in [-0.15, -0.1) is 0 Å². The van der Waals surface area contributed by atoms with Gasteiger partial charge in [0.25, 0.3) is 0 Å². The topological polar surface area (TPSA) is 36.4 Å². The number of anilines is 1. The van der Waals surface area contributed by atoms with E-state index in [4.69, 9.17) is 0 Å². The van der Waals surface area contributed by atoms with Gasteiger partial charge in [-0.3, -0.25) is 4.98 Å². The molecule has 0 saturated carbocycles. The van der Waals surface area contributed by atoms with Crippen molar-refractivity contribution in [2.45, 2.75) is 19.4 Å². The molecule has 2 aromatic rings. The van der Waals surface area contributed by atoms with Crippen molar-refractivity contribution in [3.63, 3.8) is 0 Å². The van der Waals surface area contributed by atoms with Crippen molar-refractivity contribution < 1.29 is 9.50 Å². The molecule has 0 radical (unpaired) electrons. The quantitative estimate of drug-likeness (QED) is 0.910. The van der Waals surface area contributed by atoms with E-state index in [0.29, 0.717) is 5.56 Å². The summed E-state index contributed by atoms with van der Waals surface area (Å²) in [7, 11) is 1.94. The molecule has 2 rings (SSSR count). The molecule has 1 aromatic heterocycles. The number of halogens is 1. The Labute approximate surface area is 118 Å². The van der Waals surface area contributed by atoms with E-state index in [-0.39, 0.29) is 5.82 Å². The molecule has 0 aliphatic rings. The highest BCUT2D eigenvalue weighted by Crippen LogP contribution is 2.26. The zero-order valence-electron chi connectivity index (χ0n) is 11.8. The molecule has 0 aliphatic carbocycles. The van der Waals surface area contributed by atoms with Gasteiger partial charge in [0, 0.05) is 37.2 Å². The Balaban J connectivity index is 2.11. The number of pyridine rings is 1. The summed E-state index contributed by atoms with van der Waals surface area (Å²) in [5, 5.41) is 9.76. The average molecular weight is 274 g/mol. The van der Waals surface area contributed by atoms with E-state index < -0.39 is 6.10 Å². The molecule has 20 heavy (non-hydrogen) atoms. The first-order valence-corrected chi connectivity index (χ1v) is 6.65. The number of nitrogens with zero attached hydrogens (tertiary/aromatic N) is 2. The SMILES string of the molecule is C[C@H](O)c1cc(F)ccc1N(C)CCc1ccncc1. The van der Waals surface area contributed by atoms with Crippen molar-refractivity contribution in [2.24, 2.45) is 0 Å². The van der Waals surface area contributed by atoms with Crippen LogP contribution in [0.3, 0.4) is 0 Å². The third kappa shape index (κ3) is 3.54. The largest absolute Gasteiger partial charge is 0.389 e. The molecule has 0 bridgehead atoms. The van der Waals surface area contributed by atoms with Gasteiger partial charge in [0.1, 0.15) is 5.82 Å². The minimum absolute atomic E-state index is 0.327. The lowest BCUT2D eigenvalue weighted by Crippen LogP contribution is -2.22. The summed E-state index contributed by atoms with van der Waals surface area (Å²) in [5.41, 5.74) is 2.67. The second-order valence-electron chi connectivity index (χ2n) is 4.91.